The molecule has 3 atom stereocenters. The first kappa shape index (κ1) is 34.6. The largest absolute Gasteiger partial charge is 0.507 e. The van der Waals surface area contributed by atoms with Gasteiger partial charge < -0.3 is 36.4 Å². The van der Waals surface area contributed by atoms with E-state index in [0.717, 1.165) is 16.8 Å². The first-order valence-electron chi connectivity index (χ1n) is 13.8. The Morgan fingerprint density at radius 2 is 1.71 bits per heavy atom. The van der Waals surface area contributed by atoms with Crippen LogP contribution in [0.25, 0.3) is 0 Å². The number of phenolic OH excluding ortho intramolecular Hbond substituents is 1. The van der Waals surface area contributed by atoms with Crippen LogP contribution in [0.3, 0.4) is 0 Å². The summed E-state index contributed by atoms with van der Waals surface area (Å²) in [6.07, 6.45) is 0.0329. The lowest BCUT2D eigenvalue weighted by atomic mass is 9.71. The fourth-order valence-corrected chi connectivity index (χ4v) is 5.20. The molecule has 0 saturated carbocycles. The lowest BCUT2D eigenvalue weighted by Gasteiger charge is -2.36. The summed E-state index contributed by atoms with van der Waals surface area (Å²) >= 11 is 0. The maximum atomic E-state index is 12.6. The van der Waals surface area contributed by atoms with Crippen LogP contribution in [0, 0.1) is 25.7 Å². The number of Topliss-reactive ketones (excluding diaryl/α,β-unsaturated/α-hetero) is 2. The van der Waals surface area contributed by atoms with Crippen molar-refractivity contribution in [3.63, 3.8) is 0 Å². The average Bonchev–Trinajstić information content (AvgIpc) is 2.90. The number of ketones is 2. The summed E-state index contributed by atoms with van der Waals surface area (Å²) in [5.74, 6) is -3.22. The van der Waals surface area contributed by atoms with E-state index in [-0.39, 0.29) is 49.2 Å². The molecule has 42 heavy (non-hydrogen) atoms. The van der Waals surface area contributed by atoms with Crippen LogP contribution >= 0.6 is 0 Å². The number of hydrogen-bond donors (Lipinski definition) is 6. The molecule has 0 unspecified atom stereocenters. The molecule has 0 spiro atoms. The third kappa shape index (κ3) is 9.45. The number of primary amides is 1. The van der Waals surface area contributed by atoms with Gasteiger partial charge in [0.25, 0.3) is 0 Å². The molecule has 0 aliphatic heterocycles. The molecular weight excluding hydrogens is 542 g/mol. The Morgan fingerprint density at radius 1 is 1.07 bits per heavy atom. The van der Waals surface area contributed by atoms with Crippen molar-refractivity contribution >= 4 is 29.1 Å². The van der Waals surface area contributed by atoms with Crippen molar-refractivity contribution in [2.24, 2.45) is 17.6 Å². The van der Waals surface area contributed by atoms with E-state index >= 15 is 0 Å². The fraction of sp³-hybridized carbons (Fsp3) is 0.484. The second kappa shape index (κ2) is 15.5. The number of fused-ring (bicyclic) bond motifs is 1. The quantitative estimate of drug-likeness (QED) is 0.200. The highest BCUT2D eigenvalue weighted by Gasteiger charge is 2.44. The van der Waals surface area contributed by atoms with E-state index in [9.17, 15) is 39.6 Å². The van der Waals surface area contributed by atoms with Gasteiger partial charge in [-0.1, -0.05) is 23.8 Å². The minimum Gasteiger partial charge on any atom is -0.507 e. The molecule has 11 heteroatoms. The maximum absolute atomic E-state index is 12.6. The van der Waals surface area contributed by atoms with Crippen LogP contribution < -0.4 is 11.1 Å². The van der Waals surface area contributed by atoms with E-state index in [1.807, 2.05) is 57.1 Å². The van der Waals surface area contributed by atoms with Crippen molar-refractivity contribution in [3.05, 3.63) is 58.7 Å². The third-order valence-corrected chi connectivity index (χ3v) is 7.40. The number of phenols is 1. The summed E-state index contributed by atoms with van der Waals surface area (Å²) in [4.78, 5) is 49.2. The highest BCUT2D eigenvalue weighted by atomic mass is 16.3. The SMILES string of the molecule is Cc1ccc(NC(=O)CN(C)C)cc1.Cc1ccc(O)c2c1C[C@@H](C[C@@H](CCO)[C@](O)(CO)C(=O)CC(N)=O)CC2=O. The number of carbonyl (C=O) groups excluding carboxylic acids is 4. The van der Waals surface area contributed by atoms with Crippen LogP contribution in [0.4, 0.5) is 5.69 Å². The normalized spacial score (nSPS) is 16.5. The molecule has 11 nitrogen and oxygen atoms in total. The Kier molecular flexibility index (Phi) is 12.8. The van der Waals surface area contributed by atoms with Gasteiger partial charge in [0.2, 0.25) is 11.8 Å². The molecule has 1 aliphatic rings. The molecule has 2 amide bonds. The van der Waals surface area contributed by atoms with Crippen LogP contribution in [0.1, 0.15) is 52.7 Å². The highest BCUT2D eigenvalue weighted by Crippen LogP contribution is 2.38. The van der Waals surface area contributed by atoms with Crippen molar-refractivity contribution in [1.82, 2.24) is 4.90 Å². The van der Waals surface area contributed by atoms with Gasteiger partial charge in [-0.15, -0.1) is 0 Å². The van der Waals surface area contributed by atoms with Gasteiger partial charge in [-0.05, 0) is 88.4 Å². The van der Waals surface area contributed by atoms with E-state index in [0.29, 0.717) is 18.5 Å². The van der Waals surface area contributed by atoms with Crippen LogP contribution in [0.2, 0.25) is 0 Å². The summed E-state index contributed by atoms with van der Waals surface area (Å²) in [5, 5.41) is 42.7. The summed E-state index contributed by atoms with van der Waals surface area (Å²) in [5.41, 5.74) is 6.73. The Balaban J connectivity index is 0.000000369. The topological polar surface area (TPSA) is 190 Å². The van der Waals surface area contributed by atoms with Crippen LogP contribution in [0.15, 0.2) is 36.4 Å². The molecule has 0 aromatic heterocycles. The first-order chi connectivity index (χ1) is 19.7. The average molecular weight is 586 g/mol. The summed E-state index contributed by atoms with van der Waals surface area (Å²) in [6, 6.07) is 11.0. The van der Waals surface area contributed by atoms with Gasteiger partial charge in [-0.2, -0.15) is 0 Å². The molecule has 0 heterocycles. The second-order valence-electron chi connectivity index (χ2n) is 11.2. The minimum absolute atomic E-state index is 0.0120. The van der Waals surface area contributed by atoms with Crippen LogP contribution in [0.5, 0.6) is 5.75 Å². The van der Waals surface area contributed by atoms with Crippen molar-refractivity contribution in [1.29, 1.82) is 0 Å². The minimum atomic E-state index is -2.23. The number of nitrogens with zero attached hydrogens (tertiary/aromatic N) is 1. The third-order valence-electron chi connectivity index (χ3n) is 7.40. The van der Waals surface area contributed by atoms with Crippen molar-refractivity contribution < 1.29 is 39.6 Å². The van der Waals surface area contributed by atoms with Crippen molar-refractivity contribution in [2.45, 2.75) is 51.6 Å². The number of aliphatic hydroxyl groups excluding tert-OH is 2. The standard InChI is InChI=1S/C20H27NO7.C11H16N2O/c1-11-2-3-15(24)19-14(11)7-12(8-16(19)25)6-13(4-5-22)20(28,10-23)17(26)9-18(21)27;1-9-4-6-10(7-5-9)12-11(14)8-13(2)3/h2-3,12-13,22-24,28H,4-10H2,1H3,(H2,21,27);4-7H,8H2,1-3H3,(H,12,14)/t12-,13-,20-;/m1./s1. The van der Waals surface area contributed by atoms with E-state index in [1.54, 1.807) is 6.07 Å². The zero-order chi connectivity index (χ0) is 31.6. The molecular formula is C31H43N3O8. The smallest absolute Gasteiger partial charge is 0.238 e. The number of amides is 2. The molecule has 0 saturated heterocycles. The Morgan fingerprint density at radius 3 is 2.26 bits per heavy atom. The maximum Gasteiger partial charge on any atom is 0.238 e. The number of rotatable bonds is 12. The zero-order valence-corrected chi connectivity index (χ0v) is 24.7. The number of aryl methyl sites for hydroxylation is 2. The molecule has 2 aromatic rings. The molecule has 7 N–H and O–H groups in total. The van der Waals surface area contributed by atoms with Crippen LogP contribution in [-0.2, 0) is 20.8 Å². The lowest BCUT2D eigenvalue weighted by molar-refractivity contribution is -0.153. The first-order valence-corrected chi connectivity index (χ1v) is 13.8. The predicted octanol–water partition coefficient (Wildman–Crippen LogP) is 1.50. The molecule has 2 aromatic carbocycles. The van der Waals surface area contributed by atoms with Gasteiger partial charge in [-0.3, -0.25) is 19.2 Å². The Labute approximate surface area is 246 Å². The Hall–Kier alpha value is -3.64. The summed E-state index contributed by atoms with van der Waals surface area (Å²) < 4.78 is 0. The second-order valence-corrected chi connectivity index (χ2v) is 11.2. The fourth-order valence-electron chi connectivity index (χ4n) is 5.20. The molecule has 230 valence electrons. The van der Waals surface area contributed by atoms with E-state index in [1.165, 1.54) is 11.6 Å². The van der Waals surface area contributed by atoms with Crippen molar-refractivity contribution in [3.8, 4) is 5.75 Å². The van der Waals surface area contributed by atoms with E-state index < -0.39 is 36.2 Å². The number of carbonyl (C=O) groups is 4. The number of likely N-dealkylation sites (N-methyl/N-ethyl adjacent to an activating group) is 1. The lowest BCUT2D eigenvalue weighted by Crippen LogP contribution is -2.51. The van der Waals surface area contributed by atoms with Gasteiger partial charge in [0.15, 0.2) is 11.6 Å². The predicted molar refractivity (Wildman–Crippen MR) is 158 cm³/mol. The van der Waals surface area contributed by atoms with Gasteiger partial charge >= 0.3 is 0 Å². The van der Waals surface area contributed by atoms with Gasteiger partial charge in [-0.25, -0.2) is 0 Å². The number of aromatic hydroxyl groups is 1. The number of nitrogens with two attached hydrogens (primary N) is 1. The van der Waals surface area contributed by atoms with E-state index in [4.69, 9.17) is 5.73 Å². The Bertz CT molecular complexity index is 1260. The van der Waals surface area contributed by atoms with E-state index in [2.05, 4.69) is 5.32 Å². The molecule has 0 bridgehead atoms. The van der Waals surface area contributed by atoms with Gasteiger partial charge in [0.05, 0.1) is 25.1 Å². The van der Waals surface area contributed by atoms with Crippen molar-refractivity contribution in [2.75, 3.05) is 39.2 Å². The summed E-state index contributed by atoms with van der Waals surface area (Å²) in [7, 11) is 3.74. The molecule has 3 rings (SSSR count). The van der Waals surface area contributed by atoms with Gasteiger partial charge in [0, 0.05) is 18.7 Å². The number of nitrogens with one attached hydrogen (secondary N) is 1. The molecule has 0 radical (unpaired) electrons. The van der Waals surface area contributed by atoms with Crippen LogP contribution in [-0.4, -0.2) is 88.2 Å². The number of benzene rings is 2. The van der Waals surface area contributed by atoms with Gasteiger partial charge in [0.1, 0.15) is 11.4 Å². The highest BCUT2D eigenvalue weighted by molar-refractivity contribution is 6.02. The monoisotopic (exact) mass is 585 g/mol. The summed E-state index contributed by atoms with van der Waals surface area (Å²) in [6.45, 7) is 3.01. The molecule has 0 fully saturated rings. The molecule has 1 aliphatic carbocycles. The number of aliphatic hydroxyl groups is 3. The number of anilines is 1. The zero-order valence-electron chi connectivity index (χ0n) is 24.7. The number of hydrogen-bond acceptors (Lipinski definition) is 9.